The summed E-state index contributed by atoms with van der Waals surface area (Å²) in [6, 6.07) is 11.5. The lowest BCUT2D eigenvalue weighted by Crippen LogP contribution is -1.82. The summed E-state index contributed by atoms with van der Waals surface area (Å²) in [6.45, 7) is 0. The molecule has 1 aromatic heterocycles. The largest absolute Gasteiger partial charge is 0.192 e. The molecule has 0 atom stereocenters. The molecule has 2 aromatic rings. The lowest BCUT2D eigenvalue weighted by molar-refractivity contribution is 1.46. The average Bonchev–Trinajstić information content (AvgIpc) is 2.77. The van der Waals surface area contributed by atoms with Gasteiger partial charge in [0.05, 0.1) is 9.77 Å². The Morgan fingerprint density at radius 1 is 1.17 bits per heavy atom. The zero-order chi connectivity index (χ0) is 13.1. The van der Waals surface area contributed by atoms with Crippen molar-refractivity contribution >= 4 is 34.7 Å². The van der Waals surface area contributed by atoms with E-state index in [-0.39, 0.29) is 0 Å². The van der Waals surface area contributed by atoms with Crippen LogP contribution in [-0.4, -0.2) is 6.26 Å². The van der Waals surface area contributed by atoms with Crippen LogP contribution in [-0.2, 0) is 0 Å². The molecule has 88 valence electrons. The Morgan fingerprint density at radius 3 is 2.33 bits per heavy atom. The Balaban J connectivity index is 2.70. The minimum atomic E-state index is 0.568. The molecule has 2 rings (SSSR count). The van der Waals surface area contributed by atoms with Crippen molar-refractivity contribution in [3.63, 3.8) is 0 Å². The third kappa shape index (κ3) is 2.23. The fourth-order valence-electron chi connectivity index (χ4n) is 1.63. The topological polar surface area (TPSA) is 47.6 Å². The van der Waals surface area contributed by atoms with Gasteiger partial charge < -0.3 is 0 Å². The normalized spacial score (nSPS) is 9.78. The second kappa shape index (κ2) is 5.46. The van der Waals surface area contributed by atoms with Gasteiger partial charge in [0.25, 0.3) is 0 Å². The molecule has 0 aliphatic heterocycles. The van der Waals surface area contributed by atoms with Crippen molar-refractivity contribution < 1.29 is 0 Å². The number of rotatable bonds is 2. The predicted octanol–water partition coefficient (Wildman–Crippen LogP) is 4.53. The summed E-state index contributed by atoms with van der Waals surface area (Å²) in [5.41, 5.74) is 2.14. The highest BCUT2D eigenvalue weighted by atomic mass is 35.5. The summed E-state index contributed by atoms with van der Waals surface area (Å²) < 4.78 is 0.874. The minimum Gasteiger partial charge on any atom is -0.192 e. The van der Waals surface area contributed by atoms with Gasteiger partial charge in [-0.3, -0.25) is 0 Å². The van der Waals surface area contributed by atoms with Crippen LogP contribution in [0.4, 0.5) is 0 Å². The van der Waals surface area contributed by atoms with Gasteiger partial charge in [-0.25, -0.2) is 0 Å². The van der Waals surface area contributed by atoms with Gasteiger partial charge in [0, 0.05) is 10.6 Å². The first kappa shape index (κ1) is 13.0. The fraction of sp³-hybridized carbons (Fsp3) is 0.0769. The Kier molecular flexibility index (Phi) is 3.93. The van der Waals surface area contributed by atoms with E-state index in [0.29, 0.717) is 21.0 Å². The average molecular weight is 291 g/mol. The van der Waals surface area contributed by atoms with Crippen LogP contribution < -0.4 is 0 Å². The van der Waals surface area contributed by atoms with E-state index in [4.69, 9.17) is 11.6 Å². The van der Waals surface area contributed by atoms with Crippen molar-refractivity contribution in [2.45, 2.75) is 4.21 Å². The minimum absolute atomic E-state index is 0.568. The van der Waals surface area contributed by atoms with Crippen LogP contribution in [0.15, 0.2) is 28.5 Å². The maximum absolute atomic E-state index is 9.26. The highest BCUT2D eigenvalue weighted by Gasteiger charge is 2.18. The molecule has 0 saturated carbocycles. The lowest BCUT2D eigenvalue weighted by Gasteiger charge is -2.00. The zero-order valence-electron chi connectivity index (χ0n) is 9.40. The van der Waals surface area contributed by atoms with Crippen LogP contribution in [0.3, 0.4) is 0 Å². The molecule has 0 bridgehead atoms. The van der Waals surface area contributed by atoms with Gasteiger partial charge in [-0.2, -0.15) is 10.5 Å². The first-order chi connectivity index (χ1) is 8.71. The van der Waals surface area contributed by atoms with Gasteiger partial charge in [-0.1, -0.05) is 23.7 Å². The first-order valence-electron chi connectivity index (χ1n) is 4.98. The molecule has 0 spiro atoms. The van der Waals surface area contributed by atoms with Crippen LogP contribution in [0.5, 0.6) is 0 Å². The molecular formula is C13H7ClN2S2. The number of hydrogen-bond donors (Lipinski definition) is 0. The van der Waals surface area contributed by atoms with Crippen LogP contribution in [0.25, 0.3) is 11.1 Å². The van der Waals surface area contributed by atoms with Crippen molar-refractivity contribution in [1.29, 1.82) is 10.5 Å². The van der Waals surface area contributed by atoms with E-state index in [1.165, 1.54) is 23.1 Å². The Hall–Kier alpha value is -1.46. The standard InChI is InChI=1S/C13H7ClN2S2/c1-17-13-10(6-15)12(11(7-16)18-13)8-2-4-9(14)5-3-8/h2-5H,1H3. The van der Waals surface area contributed by atoms with Crippen molar-refractivity contribution in [2.24, 2.45) is 0 Å². The van der Waals surface area contributed by atoms with E-state index < -0.39 is 0 Å². The van der Waals surface area contributed by atoms with Crippen LogP contribution in [0.2, 0.25) is 5.02 Å². The maximum Gasteiger partial charge on any atom is 0.115 e. The molecule has 0 saturated heterocycles. The molecule has 5 heteroatoms. The van der Waals surface area contributed by atoms with E-state index in [1.807, 2.05) is 18.4 Å². The molecule has 18 heavy (non-hydrogen) atoms. The number of thioether (sulfide) groups is 1. The third-order valence-corrected chi connectivity index (χ3v) is 4.87. The van der Waals surface area contributed by atoms with E-state index >= 15 is 0 Å². The smallest absolute Gasteiger partial charge is 0.115 e. The van der Waals surface area contributed by atoms with Crippen LogP contribution in [0, 0.1) is 22.7 Å². The number of benzene rings is 1. The summed E-state index contributed by atoms with van der Waals surface area (Å²) in [7, 11) is 0. The molecule has 0 radical (unpaired) electrons. The summed E-state index contributed by atoms with van der Waals surface area (Å²) in [4.78, 5) is 0.568. The van der Waals surface area contributed by atoms with Gasteiger partial charge in [0.2, 0.25) is 0 Å². The van der Waals surface area contributed by atoms with Crippen molar-refractivity contribution in [2.75, 3.05) is 6.26 Å². The van der Waals surface area contributed by atoms with Crippen molar-refractivity contribution in [1.82, 2.24) is 0 Å². The number of thiophene rings is 1. The van der Waals surface area contributed by atoms with Gasteiger partial charge >= 0.3 is 0 Å². The van der Waals surface area contributed by atoms with Crippen molar-refractivity contribution in [3.05, 3.63) is 39.7 Å². The van der Waals surface area contributed by atoms with Gasteiger partial charge in [-0.15, -0.1) is 23.1 Å². The molecule has 0 unspecified atom stereocenters. The summed E-state index contributed by atoms with van der Waals surface area (Å²) in [5, 5.41) is 19.1. The molecule has 0 N–H and O–H groups in total. The number of halogens is 1. The van der Waals surface area contributed by atoms with E-state index in [0.717, 1.165) is 9.77 Å². The molecule has 2 nitrogen and oxygen atoms in total. The zero-order valence-corrected chi connectivity index (χ0v) is 11.8. The van der Waals surface area contributed by atoms with Crippen molar-refractivity contribution in [3.8, 4) is 23.3 Å². The Bertz CT molecular complexity index is 660. The molecule has 0 fully saturated rings. The predicted molar refractivity (Wildman–Crippen MR) is 76.0 cm³/mol. The van der Waals surface area contributed by atoms with Gasteiger partial charge in [0.1, 0.15) is 17.0 Å². The Morgan fingerprint density at radius 2 is 1.83 bits per heavy atom. The number of nitrogens with zero attached hydrogens (tertiary/aromatic N) is 2. The monoisotopic (exact) mass is 290 g/mol. The van der Waals surface area contributed by atoms with Crippen LogP contribution >= 0.6 is 34.7 Å². The SMILES string of the molecule is CSc1sc(C#N)c(-c2ccc(Cl)cc2)c1C#N. The molecule has 1 heterocycles. The highest BCUT2D eigenvalue weighted by molar-refractivity contribution is 8.00. The fourth-order valence-corrected chi connectivity index (χ4v) is 3.49. The molecule has 0 amide bonds. The first-order valence-corrected chi connectivity index (χ1v) is 7.40. The molecular weight excluding hydrogens is 284 g/mol. The summed E-state index contributed by atoms with van der Waals surface area (Å²) in [5.74, 6) is 0. The van der Waals surface area contributed by atoms with E-state index in [1.54, 1.807) is 12.1 Å². The number of hydrogen-bond acceptors (Lipinski definition) is 4. The highest BCUT2D eigenvalue weighted by Crippen LogP contribution is 2.40. The quantitative estimate of drug-likeness (QED) is 0.763. The molecule has 0 aliphatic carbocycles. The van der Waals surface area contributed by atoms with Gasteiger partial charge in [-0.05, 0) is 24.0 Å². The second-order valence-electron chi connectivity index (χ2n) is 3.40. The third-order valence-electron chi connectivity index (χ3n) is 2.41. The number of nitriles is 2. The molecule has 1 aromatic carbocycles. The second-order valence-corrected chi connectivity index (χ2v) is 5.94. The molecule has 0 aliphatic rings. The Labute approximate surface area is 118 Å². The lowest BCUT2D eigenvalue weighted by atomic mass is 10.0. The maximum atomic E-state index is 9.26. The van der Waals surface area contributed by atoms with Crippen LogP contribution in [0.1, 0.15) is 10.4 Å². The van der Waals surface area contributed by atoms with E-state index in [2.05, 4.69) is 12.1 Å². The van der Waals surface area contributed by atoms with E-state index in [9.17, 15) is 10.5 Å². The summed E-state index contributed by atoms with van der Waals surface area (Å²) >= 11 is 8.69. The summed E-state index contributed by atoms with van der Waals surface area (Å²) in [6.07, 6.45) is 1.90. The van der Waals surface area contributed by atoms with Gasteiger partial charge in [0.15, 0.2) is 0 Å².